The predicted molar refractivity (Wildman–Crippen MR) is 138 cm³/mol. The van der Waals surface area contributed by atoms with Gasteiger partial charge in [0, 0.05) is 61.5 Å². The van der Waals surface area contributed by atoms with E-state index in [1.54, 1.807) is 19.1 Å². The normalized spacial score (nSPS) is 25.4. The fraction of sp³-hybridized carbons (Fsp3) is 0.310. The molecule has 1 spiro atoms. The average molecular weight is 499 g/mol. The van der Waals surface area contributed by atoms with Gasteiger partial charge in [0.1, 0.15) is 25.6 Å². The standard InChI is InChI=1S/C29H28N3O5/c1-16-12-26(33)32(27(16)34)19-8-9-21-20(13-19)28(35)37-29(21)22-10-6-17(30(2)3)14-24(22)36-25-15-18(31(4)5)7-11-23(25)29/h6-11,13-16,22H,12H2,1-5H3/q+1. The number of anilines is 2. The number of amides is 2. The topological polar surface area (TPSA) is 79.2 Å². The van der Waals surface area contributed by atoms with E-state index in [-0.39, 0.29) is 30.1 Å². The van der Waals surface area contributed by atoms with Crippen LogP contribution in [0.4, 0.5) is 11.4 Å². The van der Waals surface area contributed by atoms with Gasteiger partial charge in [-0.2, -0.15) is 0 Å². The molecule has 0 aromatic heterocycles. The van der Waals surface area contributed by atoms with Crippen molar-refractivity contribution >= 4 is 34.9 Å². The number of hydrogen-bond donors (Lipinski definition) is 0. The highest BCUT2D eigenvalue weighted by Crippen LogP contribution is 2.57. The first-order valence-electron chi connectivity index (χ1n) is 12.3. The Bertz CT molecular complexity index is 1500. The van der Waals surface area contributed by atoms with E-state index in [0.29, 0.717) is 28.3 Å². The van der Waals surface area contributed by atoms with Gasteiger partial charge < -0.3 is 14.4 Å². The van der Waals surface area contributed by atoms with Crippen LogP contribution in [0.5, 0.6) is 5.75 Å². The van der Waals surface area contributed by atoms with E-state index in [1.165, 1.54) is 4.90 Å². The SMILES string of the molecule is CC1CC(=O)N(c2ccc3c(c2)C(=O)OC32c3ccc(N(C)C)cc3OC3=CC(=[N+](C)C)C=CC32)C1=O. The summed E-state index contributed by atoms with van der Waals surface area (Å²) in [5.74, 6) is -0.494. The summed E-state index contributed by atoms with van der Waals surface area (Å²) in [6.45, 7) is 1.74. The molecule has 8 nitrogen and oxygen atoms in total. The van der Waals surface area contributed by atoms with Gasteiger partial charge in [0.15, 0.2) is 5.60 Å². The molecule has 3 heterocycles. The third kappa shape index (κ3) is 3.21. The Balaban J connectivity index is 1.56. The maximum Gasteiger partial charge on any atom is 0.339 e. The van der Waals surface area contributed by atoms with Crippen LogP contribution in [-0.2, 0) is 19.9 Å². The minimum Gasteiger partial charge on any atom is -0.460 e. The average Bonchev–Trinajstić information content (AvgIpc) is 3.29. The molecule has 2 amide bonds. The first-order chi connectivity index (χ1) is 17.6. The van der Waals surface area contributed by atoms with Gasteiger partial charge in [-0.3, -0.25) is 14.5 Å². The maximum atomic E-state index is 13.4. The first-order valence-corrected chi connectivity index (χ1v) is 12.3. The highest BCUT2D eigenvalue weighted by molar-refractivity contribution is 6.21. The third-order valence-corrected chi connectivity index (χ3v) is 7.63. The molecule has 1 fully saturated rings. The van der Waals surface area contributed by atoms with Crippen molar-refractivity contribution in [1.82, 2.24) is 0 Å². The summed E-state index contributed by atoms with van der Waals surface area (Å²) in [5, 5.41) is 0. The summed E-state index contributed by atoms with van der Waals surface area (Å²) >= 11 is 0. The fourth-order valence-electron chi connectivity index (χ4n) is 5.66. The molecule has 0 saturated carbocycles. The van der Waals surface area contributed by atoms with E-state index in [9.17, 15) is 14.4 Å². The van der Waals surface area contributed by atoms with Crippen molar-refractivity contribution in [2.75, 3.05) is 38.0 Å². The summed E-state index contributed by atoms with van der Waals surface area (Å²) in [5.41, 5.74) is 2.95. The summed E-state index contributed by atoms with van der Waals surface area (Å²) in [6.07, 6.45) is 6.15. The van der Waals surface area contributed by atoms with Crippen LogP contribution in [0, 0.1) is 11.8 Å². The van der Waals surface area contributed by atoms with Crippen LogP contribution >= 0.6 is 0 Å². The fourth-order valence-corrected chi connectivity index (χ4v) is 5.66. The Morgan fingerprint density at radius 2 is 1.81 bits per heavy atom. The quantitative estimate of drug-likeness (QED) is 0.359. The largest absolute Gasteiger partial charge is 0.460 e. The second-order valence-electron chi connectivity index (χ2n) is 10.4. The predicted octanol–water partition coefficient (Wildman–Crippen LogP) is 3.24. The van der Waals surface area contributed by atoms with Crippen molar-refractivity contribution < 1.29 is 28.4 Å². The first kappa shape index (κ1) is 23.2. The Kier molecular flexibility index (Phi) is 4.96. The highest BCUT2D eigenvalue weighted by atomic mass is 16.6. The van der Waals surface area contributed by atoms with Gasteiger partial charge in [-0.05, 0) is 24.3 Å². The monoisotopic (exact) mass is 498 g/mol. The Morgan fingerprint density at radius 3 is 2.49 bits per heavy atom. The number of allylic oxidation sites excluding steroid dienone is 2. The van der Waals surface area contributed by atoms with Gasteiger partial charge in [-0.15, -0.1) is 0 Å². The Labute approximate surface area is 215 Å². The van der Waals surface area contributed by atoms with E-state index in [1.807, 2.05) is 80.2 Å². The molecule has 0 N–H and O–H groups in total. The second kappa shape index (κ2) is 7.90. The van der Waals surface area contributed by atoms with Crippen molar-refractivity contribution in [3.63, 3.8) is 0 Å². The smallest absolute Gasteiger partial charge is 0.339 e. The van der Waals surface area contributed by atoms with Gasteiger partial charge in [0.05, 0.1) is 17.2 Å². The van der Waals surface area contributed by atoms with E-state index in [4.69, 9.17) is 9.47 Å². The summed E-state index contributed by atoms with van der Waals surface area (Å²) in [4.78, 5) is 41.8. The molecule has 0 radical (unpaired) electrons. The molecular weight excluding hydrogens is 470 g/mol. The molecule has 6 rings (SSSR count). The van der Waals surface area contributed by atoms with Crippen LogP contribution in [0.15, 0.2) is 60.4 Å². The molecule has 2 aromatic carbocycles. The van der Waals surface area contributed by atoms with Crippen LogP contribution in [0.3, 0.4) is 0 Å². The van der Waals surface area contributed by atoms with Crippen LogP contribution in [0.2, 0.25) is 0 Å². The molecule has 1 aliphatic carbocycles. The molecule has 8 heteroatoms. The maximum absolute atomic E-state index is 13.4. The molecule has 2 aromatic rings. The Morgan fingerprint density at radius 1 is 1.05 bits per heavy atom. The lowest BCUT2D eigenvalue weighted by atomic mass is 9.71. The van der Waals surface area contributed by atoms with Gasteiger partial charge in [-0.25, -0.2) is 9.37 Å². The van der Waals surface area contributed by atoms with Crippen molar-refractivity contribution in [3.8, 4) is 5.75 Å². The lowest BCUT2D eigenvalue weighted by molar-refractivity contribution is -0.462. The van der Waals surface area contributed by atoms with Crippen LogP contribution in [-0.4, -0.2) is 56.3 Å². The molecule has 3 unspecified atom stereocenters. The lowest BCUT2D eigenvalue weighted by Gasteiger charge is -2.42. The molecule has 3 aliphatic heterocycles. The number of nitrogens with zero attached hydrogens (tertiary/aromatic N) is 3. The zero-order chi connectivity index (χ0) is 26.2. The molecule has 188 valence electrons. The second-order valence-corrected chi connectivity index (χ2v) is 10.4. The molecular formula is C29H28N3O5+. The van der Waals surface area contributed by atoms with Gasteiger partial charge in [0.2, 0.25) is 17.5 Å². The number of rotatable bonds is 2. The number of esters is 1. The molecule has 0 bridgehead atoms. The molecule has 37 heavy (non-hydrogen) atoms. The number of carbonyl (C=O) groups is 3. The molecule has 3 atom stereocenters. The zero-order valence-corrected chi connectivity index (χ0v) is 21.4. The van der Waals surface area contributed by atoms with Crippen molar-refractivity contribution in [2.45, 2.75) is 18.9 Å². The van der Waals surface area contributed by atoms with Gasteiger partial charge in [0.25, 0.3) is 0 Å². The van der Waals surface area contributed by atoms with Crippen LogP contribution < -0.4 is 14.5 Å². The lowest BCUT2D eigenvalue weighted by Crippen LogP contribution is -2.43. The van der Waals surface area contributed by atoms with Crippen LogP contribution in [0.25, 0.3) is 0 Å². The van der Waals surface area contributed by atoms with Crippen LogP contribution in [0.1, 0.15) is 34.8 Å². The zero-order valence-electron chi connectivity index (χ0n) is 21.4. The van der Waals surface area contributed by atoms with E-state index in [0.717, 1.165) is 17.0 Å². The van der Waals surface area contributed by atoms with Crippen molar-refractivity contribution in [1.29, 1.82) is 0 Å². The summed E-state index contributed by atoms with van der Waals surface area (Å²) in [6, 6.07) is 11.0. The minimum atomic E-state index is -1.14. The third-order valence-electron chi connectivity index (χ3n) is 7.63. The molecule has 4 aliphatic rings. The van der Waals surface area contributed by atoms with Crippen molar-refractivity contribution in [2.24, 2.45) is 11.8 Å². The number of hydrogen-bond acceptors (Lipinski definition) is 6. The van der Waals surface area contributed by atoms with Gasteiger partial charge >= 0.3 is 5.97 Å². The van der Waals surface area contributed by atoms with E-state index in [2.05, 4.69) is 0 Å². The number of carbonyl (C=O) groups excluding carboxylic acids is 3. The van der Waals surface area contributed by atoms with E-state index >= 15 is 0 Å². The van der Waals surface area contributed by atoms with Gasteiger partial charge in [-0.1, -0.05) is 19.1 Å². The summed E-state index contributed by atoms with van der Waals surface area (Å²) in [7, 11) is 7.83. The minimum absolute atomic E-state index is 0.162. The highest BCUT2D eigenvalue weighted by Gasteiger charge is 2.58. The van der Waals surface area contributed by atoms with Crippen molar-refractivity contribution in [3.05, 3.63) is 77.1 Å². The number of fused-ring (bicyclic) bond motifs is 6. The molecule has 1 saturated heterocycles. The number of ether oxygens (including phenoxy) is 2. The Hall–Kier alpha value is -4.20. The number of benzene rings is 2. The summed E-state index contributed by atoms with van der Waals surface area (Å²) < 4.78 is 14.7. The number of imide groups is 1. The van der Waals surface area contributed by atoms with E-state index < -0.39 is 11.6 Å².